The molecule has 0 aromatic heterocycles. The van der Waals surface area contributed by atoms with E-state index in [1.807, 2.05) is 24.3 Å². The number of fused-ring (bicyclic) bond motifs is 1. The number of benzene rings is 2. The first-order valence-electron chi connectivity index (χ1n) is 8.46. The quantitative estimate of drug-likeness (QED) is 0.858. The van der Waals surface area contributed by atoms with Crippen LogP contribution in [0.3, 0.4) is 0 Å². The van der Waals surface area contributed by atoms with Gasteiger partial charge in [0.1, 0.15) is 0 Å². The maximum atomic E-state index is 11.8. The van der Waals surface area contributed by atoms with Gasteiger partial charge < -0.3 is 10.4 Å². The van der Waals surface area contributed by atoms with Gasteiger partial charge in [0.05, 0.1) is 6.61 Å². The molecular weight excluding hydrogens is 300 g/mol. The van der Waals surface area contributed by atoms with Crippen molar-refractivity contribution in [1.82, 2.24) is 10.2 Å². The largest absolute Gasteiger partial charge is 0.395 e. The fourth-order valence-corrected chi connectivity index (χ4v) is 3.58. The summed E-state index contributed by atoms with van der Waals surface area (Å²) < 4.78 is 0. The van der Waals surface area contributed by atoms with Gasteiger partial charge in [-0.3, -0.25) is 9.69 Å². The molecule has 0 radical (unpaired) electrons. The molecule has 1 unspecified atom stereocenters. The van der Waals surface area contributed by atoms with Crippen molar-refractivity contribution in [2.24, 2.45) is 0 Å². The highest BCUT2D eigenvalue weighted by Gasteiger charge is 2.27. The number of carbonyl (C=O) groups excluding carboxylic acids is 1. The van der Waals surface area contributed by atoms with Crippen LogP contribution in [0.2, 0.25) is 0 Å². The molecule has 0 spiro atoms. The van der Waals surface area contributed by atoms with Crippen LogP contribution in [0.5, 0.6) is 0 Å². The molecule has 2 aromatic rings. The standard InChI is InChI=1S/C20H24N2O2/c1-21-20(24)17-7-4-5-15(13-17)14-22(11-12-23)19-10-9-16-6-2-3-8-18(16)19/h2-8,13,19,23H,9-12,14H2,1H3,(H,21,24). The van der Waals surface area contributed by atoms with Crippen molar-refractivity contribution >= 4 is 5.91 Å². The third kappa shape index (κ3) is 3.50. The SMILES string of the molecule is CNC(=O)c1cccc(CN(CCO)C2CCc3ccccc32)c1. The lowest BCUT2D eigenvalue weighted by Gasteiger charge is -2.29. The van der Waals surface area contributed by atoms with E-state index in [0.29, 0.717) is 18.2 Å². The van der Waals surface area contributed by atoms with Crippen molar-refractivity contribution in [3.8, 4) is 0 Å². The van der Waals surface area contributed by atoms with Crippen molar-refractivity contribution in [3.05, 3.63) is 70.8 Å². The van der Waals surface area contributed by atoms with E-state index in [1.165, 1.54) is 11.1 Å². The molecule has 1 aliphatic rings. The number of rotatable bonds is 6. The molecule has 2 N–H and O–H groups in total. The van der Waals surface area contributed by atoms with Crippen molar-refractivity contribution in [1.29, 1.82) is 0 Å². The number of nitrogens with one attached hydrogen (secondary N) is 1. The number of hydrogen-bond donors (Lipinski definition) is 2. The van der Waals surface area contributed by atoms with Crippen molar-refractivity contribution in [3.63, 3.8) is 0 Å². The van der Waals surface area contributed by atoms with Gasteiger partial charge >= 0.3 is 0 Å². The van der Waals surface area contributed by atoms with Crippen LogP contribution in [-0.4, -0.2) is 36.1 Å². The highest BCUT2D eigenvalue weighted by molar-refractivity contribution is 5.94. The first-order chi connectivity index (χ1) is 11.7. The maximum Gasteiger partial charge on any atom is 0.251 e. The second kappa shape index (κ2) is 7.60. The van der Waals surface area contributed by atoms with E-state index in [1.54, 1.807) is 7.05 Å². The number of carbonyl (C=O) groups is 1. The zero-order chi connectivity index (χ0) is 16.9. The topological polar surface area (TPSA) is 52.6 Å². The molecule has 0 heterocycles. The number of hydrogen-bond acceptors (Lipinski definition) is 3. The fraction of sp³-hybridized carbons (Fsp3) is 0.350. The normalized spacial score (nSPS) is 16.2. The van der Waals surface area contributed by atoms with Gasteiger partial charge in [0, 0.05) is 31.7 Å². The number of aliphatic hydroxyl groups excluding tert-OH is 1. The van der Waals surface area contributed by atoms with E-state index in [-0.39, 0.29) is 12.5 Å². The molecule has 0 bridgehead atoms. The lowest BCUT2D eigenvalue weighted by atomic mass is 10.0. The summed E-state index contributed by atoms with van der Waals surface area (Å²) in [5.41, 5.74) is 4.54. The van der Waals surface area contributed by atoms with E-state index in [2.05, 4.69) is 34.5 Å². The second-order valence-electron chi connectivity index (χ2n) is 6.23. The summed E-state index contributed by atoms with van der Waals surface area (Å²) in [6.45, 7) is 1.49. The number of nitrogens with zero attached hydrogens (tertiary/aromatic N) is 1. The van der Waals surface area contributed by atoms with Gasteiger partial charge in [0.2, 0.25) is 0 Å². The highest BCUT2D eigenvalue weighted by Crippen LogP contribution is 2.36. The Hall–Kier alpha value is -2.17. The van der Waals surface area contributed by atoms with Crippen molar-refractivity contribution < 1.29 is 9.90 Å². The summed E-state index contributed by atoms with van der Waals surface area (Å²) in [7, 11) is 1.64. The Bertz CT molecular complexity index is 714. The molecule has 3 rings (SSSR count). The summed E-state index contributed by atoms with van der Waals surface area (Å²) in [6, 6.07) is 16.6. The van der Waals surface area contributed by atoms with Crippen LogP contribution in [-0.2, 0) is 13.0 Å². The van der Waals surface area contributed by atoms with Crippen molar-refractivity contribution in [2.75, 3.05) is 20.2 Å². The van der Waals surface area contributed by atoms with E-state index < -0.39 is 0 Å². The van der Waals surface area contributed by atoms with Gasteiger partial charge in [-0.25, -0.2) is 0 Å². The Kier molecular flexibility index (Phi) is 5.28. The maximum absolute atomic E-state index is 11.8. The minimum Gasteiger partial charge on any atom is -0.395 e. The first-order valence-corrected chi connectivity index (χ1v) is 8.46. The molecule has 1 aliphatic carbocycles. The van der Waals surface area contributed by atoms with Crippen LogP contribution in [0.15, 0.2) is 48.5 Å². The molecule has 24 heavy (non-hydrogen) atoms. The number of amides is 1. The molecule has 0 aliphatic heterocycles. The smallest absolute Gasteiger partial charge is 0.251 e. The Morgan fingerprint density at radius 1 is 1.25 bits per heavy atom. The van der Waals surface area contributed by atoms with E-state index in [9.17, 15) is 9.90 Å². The molecule has 4 nitrogen and oxygen atoms in total. The first kappa shape index (κ1) is 16.7. The molecular formula is C20H24N2O2. The highest BCUT2D eigenvalue weighted by atomic mass is 16.3. The number of aliphatic hydroxyl groups is 1. The van der Waals surface area contributed by atoms with Crippen LogP contribution in [0.1, 0.15) is 39.5 Å². The van der Waals surface area contributed by atoms with Crippen molar-refractivity contribution in [2.45, 2.75) is 25.4 Å². The zero-order valence-electron chi connectivity index (χ0n) is 14.0. The summed E-state index contributed by atoms with van der Waals surface area (Å²) in [6.07, 6.45) is 2.16. The lowest BCUT2D eigenvalue weighted by molar-refractivity contribution is 0.0962. The predicted octanol–water partition coefficient (Wildman–Crippen LogP) is 2.53. The van der Waals surface area contributed by atoms with Gasteiger partial charge in [0.25, 0.3) is 5.91 Å². The molecule has 0 saturated carbocycles. The molecule has 1 atom stereocenters. The summed E-state index contributed by atoms with van der Waals surface area (Å²) in [4.78, 5) is 14.1. The molecule has 2 aromatic carbocycles. The van der Waals surface area contributed by atoms with E-state index in [4.69, 9.17) is 0 Å². The average Bonchev–Trinajstić information content (AvgIpc) is 3.05. The summed E-state index contributed by atoms with van der Waals surface area (Å²) in [5, 5.41) is 12.2. The monoisotopic (exact) mass is 324 g/mol. The molecule has 126 valence electrons. The minimum absolute atomic E-state index is 0.0724. The van der Waals surface area contributed by atoms with Gasteiger partial charge in [-0.1, -0.05) is 36.4 Å². The van der Waals surface area contributed by atoms with Crippen LogP contribution in [0.4, 0.5) is 0 Å². The number of aryl methyl sites for hydroxylation is 1. The summed E-state index contributed by atoms with van der Waals surface area (Å²) >= 11 is 0. The van der Waals surface area contributed by atoms with E-state index in [0.717, 1.165) is 24.9 Å². The predicted molar refractivity (Wildman–Crippen MR) is 94.8 cm³/mol. The van der Waals surface area contributed by atoms with Crippen LogP contribution < -0.4 is 5.32 Å². The van der Waals surface area contributed by atoms with Crippen LogP contribution in [0.25, 0.3) is 0 Å². The Balaban J connectivity index is 1.82. The summed E-state index contributed by atoms with van der Waals surface area (Å²) in [5.74, 6) is -0.0724. The van der Waals surface area contributed by atoms with Gasteiger partial charge in [0.15, 0.2) is 0 Å². The second-order valence-corrected chi connectivity index (χ2v) is 6.23. The van der Waals surface area contributed by atoms with E-state index >= 15 is 0 Å². The van der Waals surface area contributed by atoms with Gasteiger partial charge in [-0.05, 0) is 41.7 Å². The third-order valence-corrected chi connectivity index (χ3v) is 4.73. The Labute approximate surface area is 143 Å². The average molecular weight is 324 g/mol. The van der Waals surface area contributed by atoms with Gasteiger partial charge in [-0.2, -0.15) is 0 Å². The minimum atomic E-state index is -0.0724. The van der Waals surface area contributed by atoms with Crippen LogP contribution in [0, 0.1) is 0 Å². The zero-order valence-corrected chi connectivity index (χ0v) is 14.0. The molecule has 4 heteroatoms. The van der Waals surface area contributed by atoms with Gasteiger partial charge in [-0.15, -0.1) is 0 Å². The third-order valence-electron chi connectivity index (χ3n) is 4.73. The Morgan fingerprint density at radius 2 is 2.08 bits per heavy atom. The molecule has 0 saturated heterocycles. The van der Waals surface area contributed by atoms with Crippen LogP contribution >= 0.6 is 0 Å². The lowest BCUT2D eigenvalue weighted by Crippen LogP contribution is -2.30. The Morgan fingerprint density at radius 3 is 2.88 bits per heavy atom. The molecule has 1 amide bonds. The molecule has 0 fully saturated rings. The fourth-order valence-electron chi connectivity index (χ4n) is 3.58.